The van der Waals surface area contributed by atoms with E-state index in [4.69, 9.17) is 0 Å². The molecule has 0 unspecified atom stereocenters. The predicted octanol–water partition coefficient (Wildman–Crippen LogP) is 7.10. The highest BCUT2D eigenvalue weighted by Gasteiger charge is 2.72. The molecular weight excluding hydrogens is 368 g/mol. The van der Waals surface area contributed by atoms with Crippen LogP contribution >= 0.6 is 0 Å². The van der Waals surface area contributed by atoms with E-state index >= 15 is 0 Å². The van der Waals surface area contributed by atoms with Crippen LogP contribution in [0.4, 0.5) is 0 Å². The normalized spacial score (nSPS) is 48.3. The Bertz CT molecular complexity index is 682. The fourth-order valence-corrected chi connectivity index (χ4v) is 10.00. The smallest absolute Gasteiger partial charge is 0.137 e. The van der Waals surface area contributed by atoms with Crippen molar-refractivity contribution in [2.24, 2.45) is 57.7 Å². The molecule has 0 aromatic carbocycles. The maximum atomic E-state index is 13.1. The molecule has 2 nitrogen and oxygen atoms in total. The number of hydrogen-bond donors (Lipinski definition) is 0. The van der Waals surface area contributed by atoms with Gasteiger partial charge in [-0.25, -0.2) is 0 Å². The summed E-state index contributed by atoms with van der Waals surface area (Å²) in [6.07, 6.45) is 13.6. The zero-order valence-corrected chi connectivity index (χ0v) is 20.5. The molecule has 4 aliphatic carbocycles. The molecule has 0 spiro atoms. The molecule has 0 amide bonds. The van der Waals surface area contributed by atoms with Crippen molar-refractivity contribution in [3.8, 4) is 0 Å². The monoisotopic (exact) mass is 414 g/mol. The van der Waals surface area contributed by atoms with Crippen molar-refractivity contribution in [3.05, 3.63) is 0 Å². The van der Waals surface area contributed by atoms with E-state index in [0.29, 0.717) is 23.0 Å². The number of ketones is 1. The summed E-state index contributed by atoms with van der Waals surface area (Å²) in [5.41, 5.74) is 0.135. The third-order valence-corrected chi connectivity index (χ3v) is 11.4. The summed E-state index contributed by atoms with van der Waals surface area (Å²) in [6.45, 7) is 14.0. The number of carbonyl (C=O) groups excluding carboxylic acids is 2. The maximum absolute atomic E-state index is 13.1. The highest BCUT2D eigenvalue weighted by molar-refractivity contribution is 5.88. The second kappa shape index (κ2) is 7.73. The first kappa shape index (κ1) is 22.5. The number of carbonyl (C=O) groups is 2. The second-order valence-corrected chi connectivity index (χ2v) is 12.8. The number of hydrogen-bond acceptors (Lipinski definition) is 2. The summed E-state index contributed by atoms with van der Waals surface area (Å²) in [5.74, 6) is 4.82. The molecule has 0 radical (unpaired) electrons. The van der Waals surface area contributed by atoms with E-state index in [2.05, 4.69) is 34.6 Å². The lowest BCUT2D eigenvalue weighted by molar-refractivity contribution is -0.138. The lowest BCUT2D eigenvalue weighted by Crippen LogP contribution is -2.45. The van der Waals surface area contributed by atoms with E-state index in [1.165, 1.54) is 44.9 Å². The lowest BCUT2D eigenvalue weighted by Gasteiger charge is -2.51. The molecule has 0 saturated heterocycles. The van der Waals surface area contributed by atoms with Gasteiger partial charge >= 0.3 is 0 Å². The molecule has 0 aromatic rings. The van der Waals surface area contributed by atoms with E-state index in [-0.39, 0.29) is 16.7 Å². The maximum Gasteiger partial charge on any atom is 0.137 e. The minimum atomic E-state index is -0.365. The first-order valence-corrected chi connectivity index (χ1v) is 13.1. The highest BCUT2D eigenvalue weighted by atomic mass is 16.1. The van der Waals surface area contributed by atoms with E-state index in [0.717, 1.165) is 49.2 Å². The Labute approximate surface area is 185 Å². The third-order valence-electron chi connectivity index (χ3n) is 11.4. The summed E-state index contributed by atoms with van der Waals surface area (Å²) in [4.78, 5) is 25.2. The zero-order chi connectivity index (χ0) is 21.9. The Morgan fingerprint density at radius 3 is 2.37 bits per heavy atom. The third kappa shape index (κ3) is 2.94. The van der Waals surface area contributed by atoms with E-state index in [1.807, 2.05) is 0 Å². The van der Waals surface area contributed by atoms with Gasteiger partial charge in [-0.15, -0.1) is 0 Å². The van der Waals surface area contributed by atoms with Gasteiger partial charge in [0.25, 0.3) is 0 Å². The van der Waals surface area contributed by atoms with Gasteiger partial charge in [-0.3, -0.25) is 4.79 Å². The van der Waals surface area contributed by atoms with Crippen LogP contribution in [0.15, 0.2) is 0 Å². The molecule has 2 heteroatoms. The Morgan fingerprint density at radius 1 is 1.00 bits per heavy atom. The number of fused-ring (bicyclic) bond motifs is 5. The quantitative estimate of drug-likeness (QED) is 0.416. The number of rotatable bonds is 7. The molecule has 4 aliphatic rings. The van der Waals surface area contributed by atoms with Gasteiger partial charge in [0.15, 0.2) is 0 Å². The van der Waals surface area contributed by atoms with Gasteiger partial charge in [0, 0.05) is 11.3 Å². The predicted molar refractivity (Wildman–Crippen MR) is 123 cm³/mol. The molecule has 4 saturated carbocycles. The van der Waals surface area contributed by atoms with Crippen LogP contribution < -0.4 is 0 Å². The Balaban J connectivity index is 1.57. The molecule has 0 aliphatic heterocycles. The van der Waals surface area contributed by atoms with Crippen LogP contribution in [-0.2, 0) is 9.59 Å². The summed E-state index contributed by atoms with van der Waals surface area (Å²) in [6, 6.07) is 0. The van der Waals surface area contributed by atoms with Crippen molar-refractivity contribution in [3.63, 3.8) is 0 Å². The lowest BCUT2D eigenvalue weighted by atomic mass is 9.54. The molecule has 0 N–H and O–H groups in total. The average molecular weight is 415 g/mol. The molecule has 170 valence electrons. The fourth-order valence-electron chi connectivity index (χ4n) is 10.00. The fraction of sp³-hybridized carbons (Fsp3) is 0.929. The minimum absolute atomic E-state index is 0.0380. The summed E-state index contributed by atoms with van der Waals surface area (Å²) in [7, 11) is 0. The van der Waals surface area contributed by atoms with Gasteiger partial charge < -0.3 is 4.79 Å². The number of aldehydes is 1. The van der Waals surface area contributed by atoms with Gasteiger partial charge in [-0.2, -0.15) is 0 Å². The highest BCUT2D eigenvalue weighted by Crippen LogP contribution is 2.76. The SMILES string of the molecule is CC(=O)[C@]12C[C@H]3[C@@H]4CC[C@H]([C@H](C)CCCC(C)C)[C@@]4(C)CC[C@@H]3[C@@]1(C)CC[C@@H]2C=O. The Morgan fingerprint density at radius 2 is 1.73 bits per heavy atom. The van der Waals surface area contributed by atoms with Crippen LogP contribution in [0.1, 0.15) is 106 Å². The second-order valence-electron chi connectivity index (χ2n) is 12.8. The molecule has 0 heterocycles. The van der Waals surface area contributed by atoms with E-state index in [1.54, 1.807) is 6.92 Å². The van der Waals surface area contributed by atoms with Gasteiger partial charge in [0.1, 0.15) is 12.1 Å². The first-order chi connectivity index (χ1) is 14.1. The van der Waals surface area contributed by atoms with Gasteiger partial charge in [0.2, 0.25) is 0 Å². The summed E-state index contributed by atoms with van der Waals surface area (Å²) < 4.78 is 0. The largest absolute Gasteiger partial charge is 0.303 e. The van der Waals surface area contributed by atoms with E-state index < -0.39 is 0 Å². The average Bonchev–Trinajstić information content (AvgIpc) is 3.25. The minimum Gasteiger partial charge on any atom is -0.303 e. The van der Waals surface area contributed by atoms with Crippen molar-refractivity contribution < 1.29 is 9.59 Å². The zero-order valence-electron chi connectivity index (χ0n) is 20.5. The van der Waals surface area contributed by atoms with Crippen molar-refractivity contribution in [1.82, 2.24) is 0 Å². The standard InChI is InChI=1S/C28H46O2/c1-18(2)8-7-9-19(3)23-10-11-24-22-16-28(20(4)30)21(17-29)12-15-27(28,6)25(22)13-14-26(23,24)5/h17-19,21-25H,7-16H2,1-6H3/t19-,21-,22+,23-,24+,25+,26-,27-,28+/m1/s1. The first-order valence-electron chi connectivity index (χ1n) is 13.1. The van der Waals surface area contributed by atoms with Crippen molar-refractivity contribution >= 4 is 12.1 Å². The van der Waals surface area contributed by atoms with Crippen molar-refractivity contribution in [2.45, 2.75) is 106 Å². The molecule has 9 atom stereocenters. The van der Waals surface area contributed by atoms with Gasteiger partial charge in [-0.05, 0) is 98.2 Å². The topological polar surface area (TPSA) is 34.1 Å². The summed E-state index contributed by atoms with van der Waals surface area (Å²) in [5, 5.41) is 0. The molecule has 4 fully saturated rings. The Kier molecular flexibility index (Phi) is 5.81. The number of Topliss-reactive ketones (excluding diaryl/α,β-unsaturated/α-hetero) is 1. The van der Waals surface area contributed by atoms with Crippen molar-refractivity contribution in [2.75, 3.05) is 0 Å². The van der Waals surface area contributed by atoms with Crippen LogP contribution in [0.3, 0.4) is 0 Å². The van der Waals surface area contributed by atoms with Gasteiger partial charge in [-0.1, -0.05) is 53.9 Å². The van der Waals surface area contributed by atoms with Crippen LogP contribution in [0.5, 0.6) is 0 Å². The van der Waals surface area contributed by atoms with Crippen LogP contribution in [0.2, 0.25) is 0 Å². The van der Waals surface area contributed by atoms with Gasteiger partial charge in [0.05, 0.1) is 0 Å². The molecule has 0 aromatic heterocycles. The van der Waals surface area contributed by atoms with Crippen LogP contribution in [0.25, 0.3) is 0 Å². The molecular formula is C28H46O2. The van der Waals surface area contributed by atoms with Crippen molar-refractivity contribution in [1.29, 1.82) is 0 Å². The molecule has 30 heavy (non-hydrogen) atoms. The molecule has 4 rings (SSSR count). The van der Waals surface area contributed by atoms with Crippen LogP contribution in [0, 0.1) is 57.7 Å². The Hall–Kier alpha value is -0.660. The molecule has 0 bridgehead atoms. The van der Waals surface area contributed by atoms with Crippen LogP contribution in [-0.4, -0.2) is 12.1 Å². The van der Waals surface area contributed by atoms with E-state index in [9.17, 15) is 9.59 Å². The summed E-state index contributed by atoms with van der Waals surface area (Å²) >= 11 is 0.